The maximum atomic E-state index is 5.97. The predicted octanol–water partition coefficient (Wildman–Crippen LogP) is 3.25. The van der Waals surface area contributed by atoms with Crippen molar-refractivity contribution in [3.8, 4) is 0 Å². The highest BCUT2D eigenvalue weighted by Crippen LogP contribution is 2.27. The van der Waals surface area contributed by atoms with Crippen molar-refractivity contribution in [1.29, 1.82) is 0 Å². The van der Waals surface area contributed by atoms with E-state index in [1.807, 2.05) is 12.1 Å². The molecule has 0 saturated carbocycles. The van der Waals surface area contributed by atoms with Gasteiger partial charge in [0.05, 0.1) is 5.69 Å². The summed E-state index contributed by atoms with van der Waals surface area (Å²) in [7, 11) is 6.33. The third kappa shape index (κ3) is 8.35. The first-order valence-corrected chi connectivity index (χ1v) is 10.1. The Morgan fingerprint density at radius 2 is 2.00 bits per heavy atom. The molecular formula is C23H34N6. The molecule has 1 heterocycles. The molecule has 0 unspecified atom stereocenters. The zero-order chi connectivity index (χ0) is 21.1. The fourth-order valence-corrected chi connectivity index (χ4v) is 2.98. The maximum absolute atomic E-state index is 5.97. The lowest BCUT2D eigenvalue weighted by atomic mass is 10.0. The van der Waals surface area contributed by atoms with Crippen LogP contribution in [0, 0.1) is 0 Å². The molecule has 1 aromatic carbocycles. The number of anilines is 1. The lowest BCUT2D eigenvalue weighted by molar-refractivity contribution is 0.416. The Kier molecular flexibility index (Phi) is 9.18. The summed E-state index contributed by atoms with van der Waals surface area (Å²) >= 11 is 0. The Morgan fingerprint density at radius 1 is 1.17 bits per heavy atom. The third-order valence-electron chi connectivity index (χ3n) is 4.62. The van der Waals surface area contributed by atoms with E-state index in [1.54, 1.807) is 12.3 Å². The van der Waals surface area contributed by atoms with E-state index in [9.17, 15) is 0 Å². The Bertz CT molecular complexity index is 789. The highest BCUT2D eigenvalue weighted by Gasteiger charge is 2.09. The van der Waals surface area contributed by atoms with E-state index in [0.29, 0.717) is 0 Å². The SMILES string of the molecule is C=C1/C=C/C=N/C(N)=Nc2ccc(N(C)CCN(C)C)c(c2)CCC/C=C/CN1. The van der Waals surface area contributed by atoms with E-state index >= 15 is 0 Å². The first-order valence-electron chi connectivity index (χ1n) is 10.1. The van der Waals surface area contributed by atoms with Crippen molar-refractivity contribution in [2.24, 2.45) is 15.7 Å². The molecule has 0 saturated heterocycles. The highest BCUT2D eigenvalue weighted by molar-refractivity contribution is 5.91. The molecular weight excluding hydrogens is 360 g/mol. The van der Waals surface area contributed by atoms with E-state index < -0.39 is 0 Å². The fraction of sp³-hybridized carbons (Fsp3) is 0.391. The molecule has 0 atom stereocenters. The quantitative estimate of drug-likeness (QED) is 0.769. The molecule has 156 valence electrons. The Labute approximate surface area is 175 Å². The summed E-state index contributed by atoms with van der Waals surface area (Å²) in [6.45, 7) is 6.70. The number of rotatable bonds is 4. The summed E-state index contributed by atoms with van der Waals surface area (Å²) in [6.07, 6.45) is 12.7. The summed E-state index contributed by atoms with van der Waals surface area (Å²) in [5, 5.41) is 3.24. The van der Waals surface area contributed by atoms with Crippen LogP contribution in [0.3, 0.4) is 0 Å². The van der Waals surface area contributed by atoms with Gasteiger partial charge in [-0.3, -0.25) is 0 Å². The Morgan fingerprint density at radius 3 is 2.79 bits per heavy atom. The molecule has 0 aliphatic carbocycles. The van der Waals surface area contributed by atoms with Gasteiger partial charge < -0.3 is 20.9 Å². The van der Waals surface area contributed by atoms with E-state index in [0.717, 1.165) is 50.3 Å². The molecule has 6 nitrogen and oxygen atoms in total. The number of likely N-dealkylation sites (N-methyl/N-ethyl adjacent to an activating group) is 2. The standard InChI is InChI=1S/C23H34N6/c1-19-10-9-15-26-23(24)27-21-12-13-22(29(4)17-16-28(2)3)20(18-21)11-7-5-6-8-14-25-19/h6,8-10,12-13,15,18,25H,1,5,7,11,14,16-17H2,2-4H3,(H2,24,27)/b8-6+,10-9+,26-15+. The lowest BCUT2D eigenvalue weighted by Crippen LogP contribution is -2.29. The first kappa shape index (κ1) is 22.4. The van der Waals surface area contributed by atoms with Crippen LogP contribution in [0.25, 0.3) is 0 Å². The zero-order valence-electron chi connectivity index (χ0n) is 17.9. The zero-order valence-corrected chi connectivity index (χ0v) is 17.9. The average molecular weight is 395 g/mol. The first-order chi connectivity index (χ1) is 14.0. The molecule has 1 aliphatic rings. The molecule has 1 aromatic rings. The van der Waals surface area contributed by atoms with E-state index in [2.05, 4.69) is 77.1 Å². The predicted molar refractivity (Wildman–Crippen MR) is 126 cm³/mol. The van der Waals surface area contributed by atoms with Crippen LogP contribution in [0.4, 0.5) is 11.4 Å². The second kappa shape index (κ2) is 11.9. The van der Waals surface area contributed by atoms with Gasteiger partial charge in [0.25, 0.3) is 0 Å². The minimum Gasteiger partial charge on any atom is -0.382 e. The van der Waals surface area contributed by atoms with Crippen LogP contribution in [0.15, 0.2) is 64.8 Å². The van der Waals surface area contributed by atoms with Crippen molar-refractivity contribution in [2.75, 3.05) is 45.7 Å². The highest BCUT2D eigenvalue weighted by atomic mass is 15.2. The maximum Gasteiger partial charge on any atom is 0.220 e. The third-order valence-corrected chi connectivity index (χ3v) is 4.62. The Hall–Kier alpha value is -2.86. The van der Waals surface area contributed by atoms with Gasteiger partial charge in [-0.2, -0.15) is 0 Å². The molecule has 1 aliphatic heterocycles. The van der Waals surface area contributed by atoms with Gasteiger partial charge in [-0.15, -0.1) is 0 Å². The molecule has 0 radical (unpaired) electrons. The van der Waals surface area contributed by atoms with Gasteiger partial charge in [0.1, 0.15) is 0 Å². The van der Waals surface area contributed by atoms with Crippen LogP contribution in [0.1, 0.15) is 18.4 Å². The number of hydrogen-bond donors (Lipinski definition) is 2. The number of aryl methyl sites for hydroxylation is 1. The van der Waals surface area contributed by atoms with Crippen LogP contribution in [0.2, 0.25) is 0 Å². The topological polar surface area (TPSA) is 69.2 Å². The van der Waals surface area contributed by atoms with Crippen LogP contribution < -0.4 is 16.0 Å². The largest absolute Gasteiger partial charge is 0.382 e. The molecule has 3 N–H and O–H groups in total. The molecule has 0 amide bonds. The van der Waals surface area contributed by atoms with Crippen LogP contribution >= 0.6 is 0 Å². The fourth-order valence-electron chi connectivity index (χ4n) is 2.98. The number of nitrogens with zero attached hydrogens (tertiary/aromatic N) is 4. The van der Waals surface area contributed by atoms with Gasteiger partial charge in [-0.1, -0.05) is 18.7 Å². The molecule has 0 fully saturated rings. The van der Waals surface area contributed by atoms with Crippen LogP contribution in [-0.2, 0) is 6.42 Å². The van der Waals surface area contributed by atoms with Gasteiger partial charge in [0, 0.05) is 44.3 Å². The monoisotopic (exact) mass is 394 g/mol. The number of allylic oxidation sites excluding steroid dienone is 3. The normalized spacial score (nSPS) is 19.0. The molecule has 29 heavy (non-hydrogen) atoms. The van der Waals surface area contributed by atoms with Gasteiger partial charge in [0.15, 0.2) is 0 Å². The molecule has 2 bridgehead atoms. The van der Waals surface area contributed by atoms with Crippen molar-refractivity contribution in [1.82, 2.24) is 10.2 Å². The second-order valence-corrected chi connectivity index (χ2v) is 7.41. The number of aliphatic imine (C=N–C) groups is 2. The molecule has 0 aromatic heterocycles. The summed E-state index contributed by atoms with van der Waals surface area (Å²) in [4.78, 5) is 13.1. The van der Waals surface area contributed by atoms with Crippen molar-refractivity contribution < 1.29 is 0 Å². The summed E-state index contributed by atoms with van der Waals surface area (Å²) in [6, 6.07) is 6.27. The summed E-state index contributed by atoms with van der Waals surface area (Å²) in [5.41, 5.74) is 10.2. The second-order valence-electron chi connectivity index (χ2n) is 7.41. The minimum atomic E-state index is 0.235. The van der Waals surface area contributed by atoms with Crippen LogP contribution in [0.5, 0.6) is 0 Å². The number of benzene rings is 1. The van der Waals surface area contributed by atoms with E-state index in [1.165, 1.54) is 11.3 Å². The van der Waals surface area contributed by atoms with Crippen molar-refractivity contribution in [3.63, 3.8) is 0 Å². The van der Waals surface area contributed by atoms with Crippen LogP contribution in [-0.4, -0.2) is 57.9 Å². The number of hydrogen-bond acceptors (Lipinski definition) is 6. The average Bonchev–Trinajstić information content (AvgIpc) is 2.68. The smallest absolute Gasteiger partial charge is 0.220 e. The molecule has 6 heteroatoms. The summed E-state index contributed by atoms with van der Waals surface area (Å²) < 4.78 is 0. The lowest BCUT2D eigenvalue weighted by Gasteiger charge is -2.24. The number of nitrogens with one attached hydrogen (secondary N) is 1. The number of fused-ring (bicyclic) bond motifs is 2. The van der Waals surface area contributed by atoms with Crippen molar-refractivity contribution >= 4 is 23.5 Å². The van der Waals surface area contributed by atoms with Gasteiger partial charge in [-0.05, 0) is 69.3 Å². The van der Waals surface area contributed by atoms with Crippen molar-refractivity contribution in [3.05, 3.63) is 60.3 Å². The van der Waals surface area contributed by atoms with Gasteiger partial charge in [0.2, 0.25) is 5.96 Å². The van der Waals surface area contributed by atoms with E-state index in [-0.39, 0.29) is 5.96 Å². The Balaban J connectivity index is 2.27. The van der Waals surface area contributed by atoms with Crippen molar-refractivity contribution in [2.45, 2.75) is 19.3 Å². The molecule has 2 rings (SSSR count). The van der Waals surface area contributed by atoms with E-state index in [4.69, 9.17) is 5.73 Å². The molecule has 0 spiro atoms. The van der Waals surface area contributed by atoms with Gasteiger partial charge in [-0.25, -0.2) is 9.98 Å². The summed E-state index contributed by atoms with van der Waals surface area (Å²) in [5.74, 6) is 0.235. The number of nitrogens with two attached hydrogens (primary N) is 1. The number of guanidine groups is 1. The van der Waals surface area contributed by atoms with Gasteiger partial charge >= 0.3 is 0 Å². The minimum absolute atomic E-state index is 0.235.